The molecule has 5 nitrogen and oxygen atoms in total. The van der Waals surface area contributed by atoms with Crippen LogP contribution in [-0.4, -0.2) is 65.7 Å². The number of rotatable bonds is 5. The number of nitrogens with zero attached hydrogens (tertiary/aromatic N) is 4. The fraction of sp³-hybridized carbons (Fsp3) is 0.391. The van der Waals surface area contributed by atoms with E-state index in [1.165, 1.54) is 12.1 Å². The van der Waals surface area contributed by atoms with Gasteiger partial charge < -0.3 is 4.90 Å². The van der Waals surface area contributed by atoms with Crippen LogP contribution in [0.3, 0.4) is 0 Å². The van der Waals surface area contributed by atoms with Crippen LogP contribution in [-0.2, 0) is 4.79 Å². The number of hydrazone groups is 1. The summed E-state index contributed by atoms with van der Waals surface area (Å²) in [5.74, 6) is -0.280. The Bertz CT molecular complexity index is 860. The van der Waals surface area contributed by atoms with E-state index in [0.717, 1.165) is 49.6 Å². The lowest BCUT2D eigenvalue weighted by atomic mass is 9.98. The Hall–Kier alpha value is -2.57. The maximum absolute atomic E-state index is 13.4. The Morgan fingerprint density at radius 3 is 2.31 bits per heavy atom. The minimum atomic E-state index is -0.275. The molecular weight excluding hydrogens is 367 g/mol. The third-order valence-corrected chi connectivity index (χ3v) is 5.80. The number of piperazine rings is 1. The second kappa shape index (κ2) is 8.84. The van der Waals surface area contributed by atoms with Gasteiger partial charge in [0.25, 0.3) is 5.91 Å². The van der Waals surface area contributed by atoms with E-state index < -0.39 is 0 Å². The summed E-state index contributed by atoms with van der Waals surface area (Å²) in [6, 6.07) is 16.1. The van der Waals surface area contributed by atoms with Crippen molar-refractivity contribution in [1.82, 2.24) is 14.8 Å². The van der Waals surface area contributed by atoms with Gasteiger partial charge in [-0.2, -0.15) is 5.10 Å². The molecule has 6 heteroatoms. The summed E-state index contributed by atoms with van der Waals surface area (Å²) in [4.78, 5) is 17.8. The molecule has 0 N–H and O–H groups in total. The highest BCUT2D eigenvalue weighted by Gasteiger charge is 2.34. The number of likely N-dealkylation sites (N-methyl/N-ethyl adjacent to an activating group) is 1. The molecule has 29 heavy (non-hydrogen) atoms. The Morgan fingerprint density at radius 2 is 1.66 bits per heavy atom. The molecule has 2 aromatic rings. The van der Waals surface area contributed by atoms with Gasteiger partial charge >= 0.3 is 0 Å². The molecule has 0 radical (unpaired) electrons. The molecule has 0 spiro atoms. The molecule has 0 bridgehead atoms. The monoisotopic (exact) mass is 394 g/mol. The zero-order valence-corrected chi connectivity index (χ0v) is 16.8. The minimum absolute atomic E-state index is 0.00444. The van der Waals surface area contributed by atoms with Crippen LogP contribution >= 0.6 is 0 Å². The number of carbonyl (C=O) groups is 1. The van der Waals surface area contributed by atoms with Crippen LogP contribution in [0.4, 0.5) is 4.39 Å². The second-order valence-electron chi connectivity index (χ2n) is 7.63. The van der Waals surface area contributed by atoms with Crippen molar-refractivity contribution in [3.05, 3.63) is 71.5 Å². The molecular formula is C23H27FN4O. The van der Waals surface area contributed by atoms with Crippen molar-refractivity contribution in [2.75, 3.05) is 39.3 Å². The number of carbonyl (C=O) groups excluding carboxylic acids is 1. The molecule has 0 aliphatic carbocycles. The van der Waals surface area contributed by atoms with Crippen LogP contribution in [0.1, 0.15) is 30.5 Å². The molecule has 1 fully saturated rings. The summed E-state index contributed by atoms with van der Waals surface area (Å²) in [6.45, 7) is 7.34. The molecule has 0 unspecified atom stereocenters. The average molecular weight is 394 g/mol. The Balaban J connectivity index is 1.53. The van der Waals surface area contributed by atoms with Gasteiger partial charge in [-0.05, 0) is 29.8 Å². The summed E-state index contributed by atoms with van der Waals surface area (Å²) in [5.41, 5.74) is 2.82. The van der Waals surface area contributed by atoms with Crippen LogP contribution in [0, 0.1) is 5.82 Å². The second-order valence-corrected chi connectivity index (χ2v) is 7.63. The first kappa shape index (κ1) is 19.7. The van der Waals surface area contributed by atoms with Crippen molar-refractivity contribution in [1.29, 1.82) is 0 Å². The summed E-state index contributed by atoms with van der Waals surface area (Å²) in [6.07, 6.45) is 0.630. The van der Waals surface area contributed by atoms with Crippen LogP contribution in [0.15, 0.2) is 59.7 Å². The Kier molecular flexibility index (Phi) is 6.02. The number of hydrogen-bond donors (Lipinski definition) is 0. The van der Waals surface area contributed by atoms with E-state index >= 15 is 0 Å². The van der Waals surface area contributed by atoms with Crippen LogP contribution in [0.2, 0.25) is 0 Å². The molecule has 2 heterocycles. The van der Waals surface area contributed by atoms with Gasteiger partial charge in [0.05, 0.1) is 18.3 Å². The third kappa shape index (κ3) is 4.54. The molecule has 4 rings (SSSR count). The van der Waals surface area contributed by atoms with Crippen LogP contribution < -0.4 is 0 Å². The van der Waals surface area contributed by atoms with Gasteiger partial charge in [0, 0.05) is 32.6 Å². The molecule has 0 saturated carbocycles. The lowest BCUT2D eigenvalue weighted by molar-refractivity contribution is -0.134. The lowest BCUT2D eigenvalue weighted by Crippen LogP contribution is -2.49. The summed E-state index contributed by atoms with van der Waals surface area (Å²) in [5, 5.41) is 6.32. The molecule has 2 aliphatic rings. The average Bonchev–Trinajstić information content (AvgIpc) is 3.21. The molecule has 2 aliphatic heterocycles. The minimum Gasteiger partial charge on any atom is -0.301 e. The number of benzene rings is 2. The molecule has 2 aromatic carbocycles. The van der Waals surface area contributed by atoms with Gasteiger partial charge in [0.1, 0.15) is 5.82 Å². The van der Waals surface area contributed by atoms with Crippen molar-refractivity contribution < 1.29 is 9.18 Å². The molecule has 1 atom stereocenters. The van der Waals surface area contributed by atoms with E-state index in [2.05, 4.69) is 16.7 Å². The largest absolute Gasteiger partial charge is 0.301 e. The van der Waals surface area contributed by atoms with Crippen LogP contribution in [0.25, 0.3) is 0 Å². The highest BCUT2D eigenvalue weighted by molar-refractivity contribution is 6.03. The zero-order chi connectivity index (χ0) is 20.2. The first-order valence-corrected chi connectivity index (χ1v) is 10.3. The summed E-state index contributed by atoms with van der Waals surface area (Å²) >= 11 is 0. The molecule has 152 valence electrons. The van der Waals surface area contributed by atoms with Crippen LogP contribution in [0.5, 0.6) is 0 Å². The Morgan fingerprint density at radius 1 is 1.00 bits per heavy atom. The first-order chi connectivity index (χ1) is 14.1. The maximum atomic E-state index is 13.4. The molecule has 1 amide bonds. The van der Waals surface area contributed by atoms with Gasteiger partial charge in [0.2, 0.25) is 0 Å². The molecule has 0 aromatic heterocycles. The fourth-order valence-electron chi connectivity index (χ4n) is 4.02. The third-order valence-electron chi connectivity index (χ3n) is 5.80. The zero-order valence-electron chi connectivity index (χ0n) is 16.8. The standard InChI is InChI=1S/C23H27FN4O/c1-2-26-12-14-27(15-13-26)17-23(29)28-22(19-8-10-20(24)11-9-19)16-21(25-28)18-6-4-3-5-7-18/h3-11,22H,2,12-17H2,1H3/t22-/m1/s1. The van der Waals surface area contributed by atoms with Gasteiger partial charge in [-0.25, -0.2) is 9.40 Å². The summed E-state index contributed by atoms with van der Waals surface area (Å²) < 4.78 is 13.4. The smallest absolute Gasteiger partial charge is 0.257 e. The lowest BCUT2D eigenvalue weighted by Gasteiger charge is -2.34. The van der Waals surface area contributed by atoms with Gasteiger partial charge in [-0.15, -0.1) is 0 Å². The van der Waals surface area contributed by atoms with E-state index in [9.17, 15) is 9.18 Å². The number of hydrogen-bond acceptors (Lipinski definition) is 4. The number of amides is 1. The normalized spacial score (nSPS) is 20.7. The van der Waals surface area contributed by atoms with Crippen molar-refractivity contribution in [3.8, 4) is 0 Å². The van der Waals surface area contributed by atoms with Gasteiger partial charge in [0.15, 0.2) is 0 Å². The van der Waals surface area contributed by atoms with Crippen molar-refractivity contribution in [2.45, 2.75) is 19.4 Å². The maximum Gasteiger partial charge on any atom is 0.257 e. The Labute approximate surface area is 171 Å². The van der Waals surface area contributed by atoms with Crippen molar-refractivity contribution >= 4 is 11.6 Å². The quantitative estimate of drug-likeness (QED) is 0.782. The van der Waals surface area contributed by atoms with E-state index in [1.54, 1.807) is 17.1 Å². The van der Waals surface area contributed by atoms with E-state index in [1.807, 2.05) is 30.3 Å². The number of halogens is 1. The topological polar surface area (TPSA) is 39.1 Å². The summed E-state index contributed by atoms with van der Waals surface area (Å²) in [7, 11) is 0. The van der Waals surface area contributed by atoms with Crippen molar-refractivity contribution in [3.63, 3.8) is 0 Å². The van der Waals surface area contributed by atoms with E-state index in [-0.39, 0.29) is 17.8 Å². The highest BCUT2D eigenvalue weighted by atomic mass is 19.1. The van der Waals surface area contributed by atoms with Crippen molar-refractivity contribution in [2.24, 2.45) is 5.10 Å². The van der Waals surface area contributed by atoms with E-state index in [4.69, 9.17) is 5.10 Å². The fourth-order valence-corrected chi connectivity index (χ4v) is 4.02. The highest BCUT2D eigenvalue weighted by Crippen LogP contribution is 2.33. The molecule has 1 saturated heterocycles. The van der Waals surface area contributed by atoms with Gasteiger partial charge in [-0.1, -0.05) is 49.4 Å². The predicted octanol–water partition coefficient (Wildman–Crippen LogP) is 3.14. The van der Waals surface area contributed by atoms with Gasteiger partial charge in [-0.3, -0.25) is 9.69 Å². The predicted molar refractivity (Wildman–Crippen MR) is 112 cm³/mol. The SMILES string of the molecule is CCN1CCN(CC(=O)N2N=C(c3ccccc3)C[C@@H]2c2ccc(F)cc2)CC1. The first-order valence-electron chi connectivity index (χ1n) is 10.3. The van der Waals surface area contributed by atoms with E-state index in [0.29, 0.717) is 13.0 Å².